The zero-order chi connectivity index (χ0) is 13.0. The number of nitrogens with zero attached hydrogens (tertiary/aromatic N) is 1. The molecule has 1 aromatic carbocycles. The third-order valence-corrected chi connectivity index (χ3v) is 3.93. The zero-order valence-electron chi connectivity index (χ0n) is 11.2. The van der Waals surface area contributed by atoms with Crippen molar-refractivity contribution in [1.82, 2.24) is 4.90 Å². The molecule has 100 valence electrons. The van der Waals surface area contributed by atoms with Gasteiger partial charge < -0.3 is 15.7 Å². The molecule has 1 aromatic rings. The Hall–Kier alpha value is -1.06. The fourth-order valence-electron chi connectivity index (χ4n) is 2.72. The summed E-state index contributed by atoms with van der Waals surface area (Å²) in [5.41, 5.74) is 7.36. The van der Waals surface area contributed by atoms with Crippen molar-refractivity contribution in [3.05, 3.63) is 29.8 Å². The largest absolute Gasteiger partial charge is 0.399 e. The molecule has 3 nitrogen and oxygen atoms in total. The number of β-amino-alcohol motifs (C(OH)–C–C–N with tert-alkyl or cyclic N) is 1. The molecule has 1 fully saturated rings. The summed E-state index contributed by atoms with van der Waals surface area (Å²) >= 11 is 0. The van der Waals surface area contributed by atoms with Crippen LogP contribution in [0.15, 0.2) is 24.3 Å². The van der Waals surface area contributed by atoms with Gasteiger partial charge in [0.05, 0.1) is 6.10 Å². The van der Waals surface area contributed by atoms with Gasteiger partial charge in [0.1, 0.15) is 0 Å². The van der Waals surface area contributed by atoms with Crippen LogP contribution in [0.5, 0.6) is 0 Å². The van der Waals surface area contributed by atoms with E-state index in [0.717, 1.165) is 36.8 Å². The third-order valence-electron chi connectivity index (χ3n) is 3.93. The molecule has 18 heavy (non-hydrogen) atoms. The van der Waals surface area contributed by atoms with Gasteiger partial charge in [-0.1, -0.05) is 25.5 Å². The molecule has 2 atom stereocenters. The number of likely N-dealkylation sites (tertiary alicyclic amines) is 1. The highest BCUT2D eigenvalue weighted by atomic mass is 16.3. The molecule has 0 saturated carbocycles. The van der Waals surface area contributed by atoms with Gasteiger partial charge in [0.15, 0.2) is 0 Å². The van der Waals surface area contributed by atoms with Gasteiger partial charge in [-0.15, -0.1) is 0 Å². The molecule has 2 rings (SSSR count). The highest BCUT2D eigenvalue weighted by Crippen LogP contribution is 2.22. The smallest absolute Gasteiger partial charge is 0.0916 e. The summed E-state index contributed by atoms with van der Waals surface area (Å²) in [6, 6.07) is 7.54. The monoisotopic (exact) mass is 248 g/mol. The van der Waals surface area contributed by atoms with Gasteiger partial charge in [-0.25, -0.2) is 0 Å². The Balaban J connectivity index is 1.90. The lowest BCUT2D eigenvalue weighted by molar-refractivity contribution is 0.0836. The Kier molecular flexibility index (Phi) is 4.61. The number of rotatable bonds is 4. The number of anilines is 1. The number of piperidine rings is 1. The molecule has 1 aliphatic rings. The van der Waals surface area contributed by atoms with Gasteiger partial charge in [-0.2, -0.15) is 0 Å². The summed E-state index contributed by atoms with van der Waals surface area (Å²) in [6.45, 7) is 5.23. The Morgan fingerprint density at radius 1 is 1.39 bits per heavy atom. The molecular formula is C15H24N2O. The molecular weight excluding hydrogens is 224 g/mol. The predicted molar refractivity (Wildman–Crippen MR) is 75.3 cm³/mol. The standard InChI is InChI=1S/C15H24N2O/c1-2-12-4-3-9-17(10-12)11-15(18)13-5-7-14(16)8-6-13/h5-8,12,15,18H,2-4,9-11,16H2,1H3. The number of aliphatic hydroxyl groups excluding tert-OH is 1. The van der Waals surface area contributed by atoms with Crippen molar-refractivity contribution in [3.63, 3.8) is 0 Å². The normalized spacial score (nSPS) is 22.9. The molecule has 0 aromatic heterocycles. The second kappa shape index (κ2) is 6.21. The molecule has 1 saturated heterocycles. The van der Waals surface area contributed by atoms with Crippen molar-refractivity contribution in [3.8, 4) is 0 Å². The van der Waals surface area contributed by atoms with Gasteiger partial charge in [-0.05, 0) is 43.0 Å². The first kappa shape index (κ1) is 13.4. The quantitative estimate of drug-likeness (QED) is 0.805. The van der Waals surface area contributed by atoms with Crippen molar-refractivity contribution >= 4 is 5.69 Å². The number of aliphatic hydroxyl groups is 1. The van der Waals surface area contributed by atoms with Crippen LogP contribution >= 0.6 is 0 Å². The van der Waals surface area contributed by atoms with E-state index in [9.17, 15) is 5.11 Å². The van der Waals surface area contributed by atoms with E-state index in [2.05, 4.69) is 11.8 Å². The predicted octanol–water partition coefficient (Wildman–Crippen LogP) is 2.42. The van der Waals surface area contributed by atoms with Gasteiger partial charge in [0.25, 0.3) is 0 Å². The highest BCUT2D eigenvalue weighted by Gasteiger charge is 2.20. The van der Waals surface area contributed by atoms with Crippen molar-refractivity contribution in [1.29, 1.82) is 0 Å². The van der Waals surface area contributed by atoms with Crippen LogP contribution in [0.25, 0.3) is 0 Å². The van der Waals surface area contributed by atoms with Crippen LogP contribution in [0.1, 0.15) is 37.9 Å². The van der Waals surface area contributed by atoms with Crippen LogP contribution in [-0.4, -0.2) is 29.6 Å². The van der Waals surface area contributed by atoms with Crippen molar-refractivity contribution in [2.45, 2.75) is 32.3 Å². The number of nitrogens with two attached hydrogens (primary N) is 1. The minimum atomic E-state index is -0.402. The molecule has 3 N–H and O–H groups in total. The minimum absolute atomic E-state index is 0.402. The molecule has 0 spiro atoms. The third kappa shape index (κ3) is 3.47. The van der Waals surface area contributed by atoms with Crippen LogP contribution in [-0.2, 0) is 0 Å². The van der Waals surface area contributed by atoms with Gasteiger partial charge >= 0.3 is 0 Å². The maximum absolute atomic E-state index is 10.2. The minimum Gasteiger partial charge on any atom is -0.399 e. The highest BCUT2D eigenvalue weighted by molar-refractivity contribution is 5.39. The maximum atomic E-state index is 10.2. The fourth-order valence-corrected chi connectivity index (χ4v) is 2.72. The molecule has 0 amide bonds. The summed E-state index contributed by atoms with van der Waals surface area (Å²) in [5.74, 6) is 0.803. The van der Waals surface area contributed by atoms with E-state index >= 15 is 0 Å². The van der Waals surface area contributed by atoms with Crippen molar-refractivity contribution in [2.75, 3.05) is 25.4 Å². The fraction of sp³-hybridized carbons (Fsp3) is 0.600. The number of benzene rings is 1. The van der Waals surface area contributed by atoms with E-state index in [-0.39, 0.29) is 0 Å². The average molecular weight is 248 g/mol. The zero-order valence-corrected chi connectivity index (χ0v) is 11.2. The number of nitrogen functional groups attached to an aromatic ring is 1. The van der Waals surface area contributed by atoms with Gasteiger partial charge in [-0.3, -0.25) is 0 Å². The van der Waals surface area contributed by atoms with Crippen molar-refractivity contribution < 1.29 is 5.11 Å². The molecule has 2 unspecified atom stereocenters. The summed E-state index contributed by atoms with van der Waals surface area (Å²) in [7, 11) is 0. The second-order valence-electron chi connectivity index (χ2n) is 5.36. The van der Waals surface area contributed by atoms with Gasteiger partial charge in [0.2, 0.25) is 0 Å². The Labute approximate surface area is 110 Å². The summed E-state index contributed by atoms with van der Waals surface area (Å²) in [5, 5.41) is 10.2. The lowest BCUT2D eigenvalue weighted by Crippen LogP contribution is -2.37. The maximum Gasteiger partial charge on any atom is 0.0916 e. The van der Waals surface area contributed by atoms with E-state index in [0.29, 0.717) is 0 Å². The summed E-state index contributed by atoms with van der Waals surface area (Å²) < 4.78 is 0. The van der Waals surface area contributed by atoms with E-state index in [1.165, 1.54) is 19.3 Å². The van der Waals surface area contributed by atoms with Crippen LogP contribution in [0.3, 0.4) is 0 Å². The molecule has 0 aliphatic carbocycles. The van der Waals surface area contributed by atoms with Crippen LogP contribution in [0, 0.1) is 5.92 Å². The summed E-state index contributed by atoms with van der Waals surface area (Å²) in [6.07, 6.45) is 3.44. The van der Waals surface area contributed by atoms with Crippen LogP contribution in [0.2, 0.25) is 0 Å². The SMILES string of the molecule is CCC1CCCN(CC(O)c2ccc(N)cc2)C1. The van der Waals surface area contributed by atoms with Crippen LogP contribution in [0.4, 0.5) is 5.69 Å². The second-order valence-corrected chi connectivity index (χ2v) is 5.36. The van der Waals surface area contributed by atoms with Crippen LogP contribution < -0.4 is 5.73 Å². The van der Waals surface area contributed by atoms with E-state index in [4.69, 9.17) is 5.73 Å². The molecule has 1 heterocycles. The summed E-state index contributed by atoms with van der Waals surface area (Å²) in [4.78, 5) is 2.39. The average Bonchev–Trinajstić information content (AvgIpc) is 2.39. The number of hydrogen-bond acceptors (Lipinski definition) is 3. The van der Waals surface area contributed by atoms with E-state index in [1.54, 1.807) is 0 Å². The lowest BCUT2D eigenvalue weighted by atomic mass is 9.95. The Morgan fingerprint density at radius 2 is 2.11 bits per heavy atom. The molecule has 1 aliphatic heterocycles. The Bertz CT molecular complexity index is 363. The Morgan fingerprint density at radius 3 is 2.78 bits per heavy atom. The lowest BCUT2D eigenvalue weighted by Gasteiger charge is -2.33. The first-order chi connectivity index (χ1) is 8.69. The topological polar surface area (TPSA) is 49.5 Å². The molecule has 0 radical (unpaired) electrons. The number of hydrogen-bond donors (Lipinski definition) is 2. The first-order valence-electron chi connectivity index (χ1n) is 6.95. The molecule has 3 heteroatoms. The van der Waals surface area contributed by atoms with Gasteiger partial charge in [0, 0.05) is 18.8 Å². The first-order valence-corrected chi connectivity index (χ1v) is 6.95. The van der Waals surface area contributed by atoms with E-state index < -0.39 is 6.10 Å². The van der Waals surface area contributed by atoms with Crippen molar-refractivity contribution in [2.24, 2.45) is 5.92 Å². The molecule has 0 bridgehead atoms. The van der Waals surface area contributed by atoms with E-state index in [1.807, 2.05) is 24.3 Å².